The van der Waals surface area contributed by atoms with Gasteiger partial charge in [0.05, 0.1) is 18.4 Å². The first kappa shape index (κ1) is 14.9. The lowest BCUT2D eigenvalue weighted by Crippen LogP contribution is -2.27. The molecule has 0 aromatic heterocycles. The fraction of sp³-hybridized carbons (Fsp3) is 0.385. The van der Waals surface area contributed by atoms with Crippen LogP contribution in [0.15, 0.2) is 12.1 Å². The Kier molecular flexibility index (Phi) is 4.47. The molecule has 0 unspecified atom stereocenters. The third-order valence-electron chi connectivity index (χ3n) is 2.07. The van der Waals surface area contributed by atoms with E-state index in [-0.39, 0.29) is 17.0 Å². The van der Waals surface area contributed by atoms with Crippen LogP contribution in [0.4, 0.5) is 14.9 Å². The van der Waals surface area contributed by atoms with Crippen LogP contribution in [0.1, 0.15) is 31.1 Å². The summed E-state index contributed by atoms with van der Waals surface area (Å²) in [7, 11) is 1.37. The van der Waals surface area contributed by atoms with Crippen molar-refractivity contribution in [3.05, 3.63) is 23.5 Å². The lowest BCUT2D eigenvalue weighted by atomic mass is 10.2. The monoisotopic (exact) mass is 269 g/mol. The van der Waals surface area contributed by atoms with Gasteiger partial charge in [-0.15, -0.1) is 0 Å². The van der Waals surface area contributed by atoms with E-state index in [1.807, 2.05) is 0 Å². The first-order valence-electron chi connectivity index (χ1n) is 5.59. The van der Waals surface area contributed by atoms with Crippen molar-refractivity contribution in [1.29, 1.82) is 0 Å². The zero-order valence-corrected chi connectivity index (χ0v) is 11.2. The van der Waals surface area contributed by atoms with E-state index in [1.54, 1.807) is 20.8 Å². The minimum atomic E-state index is -0.832. The highest BCUT2D eigenvalue weighted by molar-refractivity contribution is 5.88. The van der Waals surface area contributed by atoms with Crippen molar-refractivity contribution in [2.45, 2.75) is 26.4 Å². The normalized spacial score (nSPS) is 10.8. The molecule has 1 aromatic carbocycles. The number of anilines is 1. The van der Waals surface area contributed by atoms with Gasteiger partial charge >= 0.3 is 6.09 Å². The summed E-state index contributed by atoms with van der Waals surface area (Å²) in [4.78, 5) is 22.3. The van der Waals surface area contributed by atoms with Crippen LogP contribution in [0.5, 0.6) is 5.75 Å². The molecule has 0 heterocycles. The molecule has 19 heavy (non-hydrogen) atoms. The van der Waals surface area contributed by atoms with Gasteiger partial charge in [-0.1, -0.05) is 0 Å². The second-order valence-electron chi connectivity index (χ2n) is 4.82. The highest BCUT2D eigenvalue weighted by atomic mass is 19.1. The number of hydrogen-bond acceptors (Lipinski definition) is 4. The van der Waals surface area contributed by atoms with Gasteiger partial charge in [-0.2, -0.15) is 0 Å². The van der Waals surface area contributed by atoms with Gasteiger partial charge in [0.15, 0.2) is 12.1 Å². The number of aldehydes is 1. The number of halogens is 1. The summed E-state index contributed by atoms with van der Waals surface area (Å²) in [5.74, 6) is -0.573. The Morgan fingerprint density at radius 3 is 2.47 bits per heavy atom. The van der Waals surface area contributed by atoms with E-state index in [0.29, 0.717) is 6.29 Å². The molecule has 0 bridgehead atoms. The number of ether oxygens (including phenoxy) is 2. The first-order chi connectivity index (χ1) is 8.76. The molecule has 0 aliphatic rings. The summed E-state index contributed by atoms with van der Waals surface area (Å²) in [6.45, 7) is 5.06. The molecule has 0 saturated carbocycles. The zero-order valence-electron chi connectivity index (χ0n) is 11.2. The van der Waals surface area contributed by atoms with E-state index in [2.05, 4.69) is 5.32 Å². The zero-order chi connectivity index (χ0) is 14.6. The molecule has 1 amide bonds. The molecule has 6 heteroatoms. The molecule has 0 spiro atoms. The smallest absolute Gasteiger partial charge is 0.412 e. The first-order valence-corrected chi connectivity index (χ1v) is 5.59. The van der Waals surface area contributed by atoms with Crippen molar-refractivity contribution < 1.29 is 23.5 Å². The molecule has 1 rings (SSSR count). The molecule has 1 aromatic rings. The maximum Gasteiger partial charge on any atom is 0.412 e. The minimum Gasteiger partial charge on any atom is -0.497 e. The number of benzene rings is 1. The van der Waals surface area contributed by atoms with E-state index >= 15 is 0 Å². The van der Waals surface area contributed by atoms with Crippen molar-refractivity contribution in [3.63, 3.8) is 0 Å². The van der Waals surface area contributed by atoms with Crippen LogP contribution in [0, 0.1) is 5.82 Å². The Morgan fingerprint density at radius 2 is 2.00 bits per heavy atom. The summed E-state index contributed by atoms with van der Waals surface area (Å²) in [5.41, 5.74) is -1.08. The Bertz CT molecular complexity index is 494. The van der Waals surface area contributed by atoms with Crippen molar-refractivity contribution >= 4 is 18.1 Å². The molecular formula is C13H16FNO4. The van der Waals surface area contributed by atoms with Crippen LogP contribution in [-0.2, 0) is 4.74 Å². The van der Waals surface area contributed by atoms with Crippen molar-refractivity contribution in [1.82, 2.24) is 0 Å². The van der Waals surface area contributed by atoms with Crippen molar-refractivity contribution in [3.8, 4) is 5.75 Å². The van der Waals surface area contributed by atoms with E-state index in [0.717, 1.165) is 0 Å². The molecule has 5 nitrogen and oxygen atoms in total. The van der Waals surface area contributed by atoms with Gasteiger partial charge in [0.2, 0.25) is 0 Å². The highest BCUT2D eigenvalue weighted by Crippen LogP contribution is 2.25. The highest BCUT2D eigenvalue weighted by Gasteiger charge is 2.19. The van der Waals surface area contributed by atoms with Gasteiger partial charge in [0, 0.05) is 6.07 Å². The maximum atomic E-state index is 13.8. The number of rotatable bonds is 3. The van der Waals surface area contributed by atoms with Crippen molar-refractivity contribution in [2.75, 3.05) is 12.4 Å². The van der Waals surface area contributed by atoms with E-state index in [9.17, 15) is 14.0 Å². The minimum absolute atomic E-state index is 0.171. The number of methoxy groups -OCH3 is 1. The molecule has 0 aliphatic carbocycles. The Balaban J connectivity index is 3.00. The van der Waals surface area contributed by atoms with Crippen molar-refractivity contribution in [2.24, 2.45) is 0 Å². The molecule has 1 N–H and O–H groups in total. The second-order valence-corrected chi connectivity index (χ2v) is 4.82. The summed E-state index contributed by atoms with van der Waals surface area (Å²) in [6, 6.07) is 2.51. The predicted molar refractivity (Wildman–Crippen MR) is 68.2 cm³/mol. The summed E-state index contributed by atoms with van der Waals surface area (Å²) in [6.07, 6.45) is -0.463. The maximum absolute atomic E-state index is 13.8. The van der Waals surface area contributed by atoms with Crippen LogP contribution in [-0.4, -0.2) is 25.1 Å². The second kappa shape index (κ2) is 5.69. The van der Waals surface area contributed by atoms with Gasteiger partial charge in [0.25, 0.3) is 0 Å². The van der Waals surface area contributed by atoms with Gasteiger partial charge in [0.1, 0.15) is 11.4 Å². The topological polar surface area (TPSA) is 64.6 Å². The molecule has 0 saturated heterocycles. The number of amides is 1. The fourth-order valence-electron chi connectivity index (χ4n) is 1.33. The van der Waals surface area contributed by atoms with Crippen LogP contribution < -0.4 is 10.1 Å². The molecular weight excluding hydrogens is 253 g/mol. The third-order valence-corrected chi connectivity index (χ3v) is 2.07. The average Bonchev–Trinajstić information content (AvgIpc) is 2.29. The quantitative estimate of drug-likeness (QED) is 0.857. The van der Waals surface area contributed by atoms with Gasteiger partial charge in [-0.3, -0.25) is 10.1 Å². The third kappa shape index (κ3) is 4.24. The van der Waals surface area contributed by atoms with Crippen LogP contribution in [0.2, 0.25) is 0 Å². The number of carbonyl (C=O) groups excluding carboxylic acids is 2. The molecule has 0 fully saturated rings. The molecule has 104 valence electrons. The SMILES string of the molecule is COc1cc(C=O)c(F)c(NC(=O)OC(C)(C)C)c1. The molecule has 0 atom stereocenters. The van der Waals surface area contributed by atoms with Gasteiger partial charge in [-0.25, -0.2) is 9.18 Å². The predicted octanol–water partition coefficient (Wildman–Crippen LogP) is 2.99. The summed E-state index contributed by atoms with van der Waals surface area (Å²) in [5, 5.41) is 2.24. The number of carbonyl (C=O) groups is 2. The lowest BCUT2D eigenvalue weighted by molar-refractivity contribution is 0.0635. The lowest BCUT2D eigenvalue weighted by Gasteiger charge is -2.20. The number of nitrogens with one attached hydrogen (secondary N) is 1. The Hall–Kier alpha value is -2.11. The average molecular weight is 269 g/mol. The summed E-state index contributed by atoms with van der Waals surface area (Å²) >= 11 is 0. The van der Waals surface area contributed by atoms with Gasteiger partial charge in [-0.05, 0) is 26.8 Å². The van der Waals surface area contributed by atoms with Gasteiger partial charge < -0.3 is 9.47 Å². The van der Waals surface area contributed by atoms with E-state index in [1.165, 1.54) is 19.2 Å². The standard InChI is InChI=1S/C13H16FNO4/c1-13(2,3)19-12(17)15-10-6-9(18-4)5-8(7-16)11(10)14/h5-7H,1-4H3,(H,15,17). The molecule has 0 radical (unpaired) electrons. The van der Waals surface area contributed by atoms with Crippen LogP contribution >= 0.6 is 0 Å². The Morgan fingerprint density at radius 1 is 1.37 bits per heavy atom. The van der Waals surface area contributed by atoms with E-state index in [4.69, 9.17) is 9.47 Å². The molecule has 0 aliphatic heterocycles. The Labute approximate surface area is 110 Å². The number of hydrogen-bond donors (Lipinski definition) is 1. The van der Waals surface area contributed by atoms with Crippen LogP contribution in [0.3, 0.4) is 0 Å². The summed E-state index contributed by atoms with van der Waals surface area (Å²) < 4.78 is 23.7. The fourth-order valence-corrected chi connectivity index (χ4v) is 1.33. The van der Waals surface area contributed by atoms with Crippen LogP contribution in [0.25, 0.3) is 0 Å². The largest absolute Gasteiger partial charge is 0.497 e. The van der Waals surface area contributed by atoms with E-state index < -0.39 is 17.5 Å².